The van der Waals surface area contributed by atoms with E-state index in [2.05, 4.69) is 26.1 Å². The van der Waals surface area contributed by atoms with Gasteiger partial charge in [0.1, 0.15) is 11.9 Å². The van der Waals surface area contributed by atoms with Crippen molar-refractivity contribution in [2.75, 3.05) is 6.54 Å². The lowest BCUT2D eigenvalue weighted by Crippen LogP contribution is -2.35. The predicted molar refractivity (Wildman–Crippen MR) is 78.7 cm³/mol. The fraction of sp³-hybridized carbons (Fsp3) is 0.600. The monoisotopic (exact) mass is 269 g/mol. The molecule has 0 heterocycles. The van der Waals surface area contributed by atoms with Crippen LogP contribution >= 0.6 is 11.6 Å². The maximum absolute atomic E-state index is 5.92. The highest BCUT2D eigenvalue weighted by molar-refractivity contribution is 6.30. The number of benzene rings is 1. The van der Waals surface area contributed by atoms with Crippen molar-refractivity contribution in [3.63, 3.8) is 0 Å². The molecule has 0 saturated carbocycles. The number of halogens is 1. The molecule has 2 nitrogen and oxygen atoms in total. The fourth-order valence-electron chi connectivity index (χ4n) is 1.91. The average molecular weight is 270 g/mol. The molecule has 0 amide bonds. The Bertz CT molecular complexity index is 368. The topological polar surface area (TPSA) is 21.3 Å². The van der Waals surface area contributed by atoms with Crippen LogP contribution in [0.5, 0.6) is 5.75 Å². The minimum atomic E-state index is 0.157. The third-order valence-corrected chi connectivity index (χ3v) is 3.18. The van der Waals surface area contributed by atoms with Gasteiger partial charge >= 0.3 is 0 Å². The lowest BCUT2D eigenvalue weighted by atomic mass is 10.2. The molecule has 0 spiro atoms. The van der Waals surface area contributed by atoms with Gasteiger partial charge in [0.25, 0.3) is 0 Å². The first-order valence-corrected chi connectivity index (χ1v) is 7.07. The summed E-state index contributed by atoms with van der Waals surface area (Å²) >= 11 is 5.92. The third kappa shape index (κ3) is 5.28. The van der Waals surface area contributed by atoms with Crippen LogP contribution in [0.4, 0.5) is 0 Å². The second-order valence-electron chi connectivity index (χ2n) is 4.94. The standard InChI is InChI=1S/C15H24ClNO/c1-5-6-12(3)17-10-13(4)18-15-8-7-14(16)9-11(15)2/h7-9,12-13,17H,5-6,10H2,1-4H3. The van der Waals surface area contributed by atoms with Gasteiger partial charge in [0.15, 0.2) is 0 Å². The summed E-state index contributed by atoms with van der Waals surface area (Å²) in [5.41, 5.74) is 1.08. The summed E-state index contributed by atoms with van der Waals surface area (Å²) in [6, 6.07) is 6.27. The van der Waals surface area contributed by atoms with Gasteiger partial charge in [-0.05, 0) is 51.0 Å². The van der Waals surface area contributed by atoms with Crippen molar-refractivity contribution in [1.29, 1.82) is 0 Å². The van der Waals surface area contributed by atoms with Gasteiger partial charge in [0.05, 0.1) is 0 Å². The molecule has 0 aliphatic rings. The fourth-order valence-corrected chi connectivity index (χ4v) is 2.13. The Hall–Kier alpha value is -0.730. The lowest BCUT2D eigenvalue weighted by Gasteiger charge is -2.20. The molecule has 1 N–H and O–H groups in total. The molecule has 2 atom stereocenters. The van der Waals surface area contributed by atoms with Gasteiger partial charge in [0, 0.05) is 17.6 Å². The van der Waals surface area contributed by atoms with Crippen molar-refractivity contribution in [1.82, 2.24) is 5.32 Å². The van der Waals surface area contributed by atoms with Crippen molar-refractivity contribution >= 4 is 11.6 Å². The Morgan fingerprint density at radius 3 is 2.67 bits per heavy atom. The molecule has 0 aromatic heterocycles. The zero-order chi connectivity index (χ0) is 13.5. The lowest BCUT2D eigenvalue weighted by molar-refractivity contribution is 0.210. The molecule has 0 radical (unpaired) electrons. The van der Waals surface area contributed by atoms with Crippen LogP contribution in [0.1, 0.15) is 39.2 Å². The van der Waals surface area contributed by atoms with E-state index in [1.807, 2.05) is 25.1 Å². The van der Waals surface area contributed by atoms with E-state index in [9.17, 15) is 0 Å². The van der Waals surface area contributed by atoms with E-state index in [0.29, 0.717) is 6.04 Å². The Kier molecular flexibility index (Phi) is 6.51. The molecular weight excluding hydrogens is 246 g/mol. The van der Waals surface area contributed by atoms with Crippen LogP contribution in [-0.2, 0) is 0 Å². The van der Waals surface area contributed by atoms with Crippen molar-refractivity contribution in [3.8, 4) is 5.75 Å². The molecule has 1 aromatic carbocycles. The summed E-state index contributed by atoms with van der Waals surface area (Å²) in [7, 11) is 0. The maximum Gasteiger partial charge on any atom is 0.122 e. The van der Waals surface area contributed by atoms with Gasteiger partial charge in [-0.25, -0.2) is 0 Å². The first kappa shape index (κ1) is 15.3. The summed E-state index contributed by atoms with van der Waals surface area (Å²) in [6.07, 6.45) is 2.57. The number of ether oxygens (including phenoxy) is 1. The van der Waals surface area contributed by atoms with E-state index in [1.54, 1.807) is 0 Å². The Labute approximate surface area is 116 Å². The van der Waals surface area contributed by atoms with Crippen LogP contribution in [-0.4, -0.2) is 18.7 Å². The molecule has 3 heteroatoms. The first-order valence-electron chi connectivity index (χ1n) is 6.69. The van der Waals surface area contributed by atoms with Gasteiger partial charge in [-0.15, -0.1) is 0 Å². The SMILES string of the molecule is CCCC(C)NCC(C)Oc1ccc(Cl)cc1C. The van der Waals surface area contributed by atoms with E-state index in [1.165, 1.54) is 12.8 Å². The molecule has 102 valence electrons. The molecule has 0 fully saturated rings. The molecule has 0 saturated heterocycles. The van der Waals surface area contributed by atoms with E-state index in [0.717, 1.165) is 22.9 Å². The van der Waals surface area contributed by atoms with E-state index < -0.39 is 0 Å². The summed E-state index contributed by atoms with van der Waals surface area (Å²) < 4.78 is 5.91. The molecular formula is C15H24ClNO. The van der Waals surface area contributed by atoms with Crippen LogP contribution in [0.2, 0.25) is 5.02 Å². The van der Waals surface area contributed by atoms with Gasteiger partial charge in [-0.3, -0.25) is 0 Å². The third-order valence-electron chi connectivity index (χ3n) is 2.94. The van der Waals surface area contributed by atoms with Crippen LogP contribution in [0.15, 0.2) is 18.2 Å². The zero-order valence-corrected chi connectivity index (χ0v) is 12.6. The Balaban J connectivity index is 2.42. The molecule has 18 heavy (non-hydrogen) atoms. The predicted octanol–water partition coefficient (Wildman–Crippen LogP) is 4.19. The van der Waals surface area contributed by atoms with E-state index in [4.69, 9.17) is 16.3 Å². The summed E-state index contributed by atoms with van der Waals surface area (Å²) in [6.45, 7) is 9.38. The number of hydrogen-bond donors (Lipinski definition) is 1. The number of hydrogen-bond acceptors (Lipinski definition) is 2. The van der Waals surface area contributed by atoms with Crippen LogP contribution in [0, 0.1) is 6.92 Å². The molecule has 1 rings (SSSR count). The first-order chi connectivity index (χ1) is 8.52. The maximum atomic E-state index is 5.92. The molecule has 2 unspecified atom stereocenters. The molecule has 0 aliphatic carbocycles. The van der Waals surface area contributed by atoms with Crippen LogP contribution in [0.25, 0.3) is 0 Å². The second-order valence-corrected chi connectivity index (χ2v) is 5.37. The molecule has 1 aromatic rings. The highest BCUT2D eigenvalue weighted by atomic mass is 35.5. The van der Waals surface area contributed by atoms with Gasteiger partial charge in [-0.1, -0.05) is 24.9 Å². The van der Waals surface area contributed by atoms with Gasteiger partial charge in [-0.2, -0.15) is 0 Å². The van der Waals surface area contributed by atoms with Crippen LogP contribution in [0.3, 0.4) is 0 Å². The van der Waals surface area contributed by atoms with Crippen molar-refractivity contribution in [3.05, 3.63) is 28.8 Å². The van der Waals surface area contributed by atoms with Crippen molar-refractivity contribution in [2.45, 2.75) is 52.7 Å². The quantitative estimate of drug-likeness (QED) is 0.801. The normalized spacial score (nSPS) is 14.3. The summed E-state index contributed by atoms with van der Waals surface area (Å²) in [5, 5.41) is 4.24. The minimum absolute atomic E-state index is 0.157. The molecule has 0 aliphatic heterocycles. The zero-order valence-electron chi connectivity index (χ0n) is 11.8. The van der Waals surface area contributed by atoms with Crippen LogP contribution < -0.4 is 10.1 Å². The average Bonchev–Trinajstić information content (AvgIpc) is 2.31. The largest absolute Gasteiger partial charge is 0.489 e. The highest BCUT2D eigenvalue weighted by Crippen LogP contribution is 2.22. The number of aryl methyl sites for hydroxylation is 1. The summed E-state index contributed by atoms with van der Waals surface area (Å²) in [5.74, 6) is 0.914. The highest BCUT2D eigenvalue weighted by Gasteiger charge is 2.08. The second kappa shape index (κ2) is 7.65. The van der Waals surface area contributed by atoms with E-state index >= 15 is 0 Å². The summed E-state index contributed by atoms with van der Waals surface area (Å²) in [4.78, 5) is 0. The van der Waals surface area contributed by atoms with Crippen molar-refractivity contribution < 1.29 is 4.74 Å². The number of nitrogens with one attached hydrogen (secondary N) is 1. The van der Waals surface area contributed by atoms with Gasteiger partial charge in [0.2, 0.25) is 0 Å². The minimum Gasteiger partial charge on any atom is -0.489 e. The number of rotatable bonds is 7. The Morgan fingerprint density at radius 1 is 1.33 bits per heavy atom. The van der Waals surface area contributed by atoms with Gasteiger partial charge < -0.3 is 10.1 Å². The smallest absolute Gasteiger partial charge is 0.122 e. The molecule has 0 bridgehead atoms. The van der Waals surface area contributed by atoms with E-state index in [-0.39, 0.29) is 6.10 Å². The Morgan fingerprint density at radius 2 is 2.06 bits per heavy atom. The van der Waals surface area contributed by atoms with Crippen molar-refractivity contribution in [2.24, 2.45) is 0 Å².